The SMILES string of the molecule is Cc1cc(C(=O)C(NS(=O)(=O)c2ccc(-c3c(-c4ccc(-c5cscn5)c(C)c4)noc3C)cc2F)c2cccc(F)c2)ccc1Br. The number of thiazole rings is 1. The number of carbonyl (C=O) groups excluding carboxylic acids is 1. The van der Waals surface area contributed by atoms with Crippen LogP contribution in [0.1, 0.15) is 38.9 Å². The van der Waals surface area contributed by atoms with E-state index in [1.807, 2.05) is 30.5 Å². The van der Waals surface area contributed by atoms with Gasteiger partial charge in [0.2, 0.25) is 10.0 Å². The first-order valence-corrected chi connectivity index (χ1v) is 17.5. The van der Waals surface area contributed by atoms with Crippen molar-refractivity contribution in [1.82, 2.24) is 14.9 Å². The molecule has 0 saturated heterocycles. The van der Waals surface area contributed by atoms with Crippen molar-refractivity contribution in [1.29, 1.82) is 0 Å². The molecule has 0 fully saturated rings. The Labute approximate surface area is 282 Å². The van der Waals surface area contributed by atoms with Gasteiger partial charge in [0.25, 0.3) is 0 Å². The van der Waals surface area contributed by atoms with Gasteiger partial charge in [-0.1, -0.05) is 57.5 Å². The lowest BCUT2D eigenvalue weighted by atomic mass is 9.96. The van der Waals surface area contributed by atoms with Gasteiger partial charge in [-0.15, -0.1) is 11.3 Å². The Bertz CT molecular complexity index is 2250. The Kier molecular flexibility index (Phi) is 9.03. The minimum atomic E-state index is -4.63. The van der Waals surface area contributed by atoms with E-state index in [9.17, 15) is 17.6 Å². The number of rotatable bonds is 9. The molecule has 0 bridgehead atoms. The zero-order chi connectivity index (χ0) is 33.5. The van der Waals surface area contributed by atoms with Crippen LogP contribution in [0.2, 0.25) is 0 Å². The molecule has 6 rings (SSSR count). The first kappa shape index (κ1) is 32.6. The van der Waals surface area contributed by atoms with Gasteiger partial charge in [-0.25, -0.2) is 22.2 Å². The number of hydrogen-bond acceptors (Lipinski definition) is 7. The molecule has 0 aliphatic carbocycles. The molecule has 4 aromatic carbocycles. The van der Waals surface area contributed by atoms with Gasteiger partial charge in [0.15, 0.2) is 5.78 Å². The van der Waals surface area contributed by atoms with E-state index in [1.54, 1.807) is 31.5 Å². The molecule has 6 aromatic rings. The van der Waals surface area contributed by atoms with Gasteiger partial charge in [-0.3, -0.25) is 4.79 Å². The first-order valence-electron chi connectivity index (χ1n) is 14.3. The zero-order valence-corrected chi connectivity index (χ0v) is 28.4. The van der Waals surface area contributed by atoms with Crippen LogP contribution in [0.4, 0.5) is 8.78 Å². The average molecular weight is 735 g/mol. The molecule has 12 heteroatoms. The van der Waals surface area contributed by atoms with Gasteiger partial charge >= 0.3 is 0 Å². The molecule has 2 heterocycles. The Morgan fingerprint density at radius 2 is 1.72 bits per heavy atom. The summed E-state index contributed by atoms with van der Waals surface area (Å²) in [5.74, 6) is -1.93. The molecule has 0 aliphatic rings. The number of nitrogens with one attached hydrogen (secondary N) is 1. The molecule has 0 saturated carbocycles. The predicted octanol–water partition coefficient (Wildman–Crippen LogP) is 9.00. The number of Topliss-reactive ketones (excluding diaryl/α,β-unsaturated/α-hetero) is 1. The summed E-state index contributed by atoms with van der Waals surface area (Å²) in [5.41, 5.74) is 7.59. The van der Waals surface area contributed by atoms with E-state index >= 15 is 4.39 Å². The third kappa shape index (κ3) is 6.59. The fraction of sp³-hybridized carbons (Fsp3) is 0.114. The summed E-state index contributed by atoms with van der Waals surface area (Å²) >= 11 is 4.89. The van der Waals surface area contributed by atoms with Crippen molar-refractivity contribution in [3.63, 3.8) is 0 Å². The van der Waals surface area contributed by atoms with Gasteiger partial charge < -0.3 is 4.52 Å². The van der Waals surface area contributed by atoms with Crippen LogP contribution in [0.25, 0.3) is 33.6 Å². The number of aromatic nitrogens is 2. The fourth-order valence-corrected chi connectivity index (χ4v) is 7.41. The van der Waals surface area contributed by atoms with E-state index < -0.39 is 38.4 Å². The third-order valence-corrected chi connectivity index (χ3v) is 10.7. The molecule has 0 amide bonds. The molecule has 0 radical (unpaired) electrons. The second-order valence-electron chi connectivity index (χ2n) is 10.9. The number of benzene rings is 4. The van der Waals surface area contributed by atoms with Crippen molar-refractivity contribution in [2.24, 2.45) is 0 Å². The predicted molar refractivity (Wildman–Crippen MR) is 181 cm³/mol. The van der Waals surface area contributed by atoms with Gasteiger partial charge in [-0.05, 0) is 85.5 Å². The molecule has 7 nitrogen and oxygen atoms in total. The number of nitrogens with zero attached hydrogens (tertiary/aromatic N) is 2. The summed E-state index contributed by atoms with van der Waals surface area (Å²) in [6.45, 7) is 5.42. The molecule has 1 unspecified atom stereocenters. The van der Waals surface area contributed by atoms with Crippen LogP contribution in [0.3, 0.4) is 0 Å². The van der Waals surface area contributed by atoms with Crippen molar-refractivity contribution in [2.45, 2.75) is 31.7 Å². The average Bonchev–Trinajstić information content (AvgIpc) is 3.71. The van der Waals surface area contributed by atoms with Crippen LogP contribution in [-0.2, 0) is 10.0 Å². The van der Waals surface area contributed by atoms with Crippen LogP contribution in [0, 0.1) is 32.4 Å². The molecule has 1 N–H and O–H groups in total. The van der Waals surface area contributed by atoms with Gasteiger partial charge in [-0.2, -0.15) is 4.72 Å². The van der Waals surface area contributed by atoms with Crippen molar-refractivity contribution in [3.05, 3.63) is 134 Å². The highest BCUT2D eigenvalue weighted by atomic mass is 79.9. The Balaban J connectivity index is 1.34. The largest absolute Gasteiger partial charge is 0.360 e. The summed E-state index contributed by atoms with van der Waals surface area (Å²) in [7, 11) is -4.63. The normalized spacial score (nSPS) is 12.3. The van der Waals surface area contributed by atoms with Crippen molar-refractivity contribution in [2.75, 3.05) is 0 Å². The maximum atomic E-state index is 15.8. The molecular formula is C35H26BrF2N3O4S2. The number of sulfonamides is 1. The molecular weight excluding hydrogens is 708 g/mol. The Hall–Kier alpha value is -4.36. The van der Waals surface area contributed by atoms with E-state index in [0.717, 1.165) is 50.6 Å². The standard InChI is InChI=1S/C35H26BrF2N3O4S2/c1-19-13-24(7-10-27(19)30-17-46-18-39-30)33-32(21(3)45-40-33)22-9-12-31(29(38)16-22)47(43,44)41-34(23-5-4-6-26(37)15-23)35(42)25-8-11-28(36)20(2)14-25/h4-18,34,41H,1-3H3. The molecule has 47 heavy (non-hydrogen) atoms. The summed E-state index contributed by atoms with van der Waals surface area (Å²) in [4.78, 5) is 17.4. The maximum Gasteiger partial charge on any atom is 0.244 e. The molecule has 0 spiro atoms. The molecule has 1 atom stereocenters. The highest BCUT2D eigenvalue weighted by molar-refractivity contribution is 9.10. The Morgan fingerprint density at radius 1 is 0.936 bits per heavy atom. The van der Waals surface area contributed by atoms with Gasteiger partial charge in [0.1, 0.15) is 34.0 Å². The summed E-state index contributed by atoms with van der Waals surface area (Å²) < 4.78 is 65.9. The minimum absolute atomic E-state index is 0.0667. The van der Waals surface area contributed by atoms with Crippen LogP contribution < -0.4 is 4.72 Å². The summed E-state index contributed by atoms with van der Waals surface area (Å²) in [6.07, 6.45) is 0. The smallest absolute Gasteiger partial charge is 0.244 e. The van der Waals surface area contributed by atoms with Crippen LogP contribution in [0.5, 0.6) is 0 Å². The second kappa shape index (κ2) is 13.0. The summed E-state index contributed by atoms with van der Waals surface area (Å²) in [5, 5.41) is 6.18. The maximum absolute atomic E-state index is 15.8. The van der Waals surface area contributed by atoms with E-state index in [-0.39, 0.29) is 11.1 Å². The van der Waals surface area contributed by atoms with Gasteiger partial charge in [0.05, 0.1) is 16.8 Å². The van der Waals surface area contributed by atoms with E-state index in [1.165, 1.54) is 41.7 Å². The lowest BCUT2D eigenvalue weighted by Gasteiger charge is -2.19. The number of aryl methyl sites for hydroxylation is 3. The van der Waals surface area contributed by atoms with Crippen LogP contribution >= 0.6 is 27.3 Å². The number of hydrogen-bond donors (Lipinski definition) is 1. The number of carbonyl (C=O) groups is 1. The van der Waals surface area contributed by atoms with Crippen molar-refractivity contribution >= 4 is 43.1 Å². The topological polar surface area (TPSA) is 102 Å². The van der Waals surface area contributed by atoms with E-state index in [4.69, 9.17) is 4.52 Å². The van der Waals surface area contributed by atoms with Crippen LogP contribution in [-0.4, -0.2) is 24.3 Å². The fourth-order valence-electron chi connectivity index (χ4n) is 5.37. The monoisotopic (exact) mass is 733 g/mol. The lowest BCUT2D eigenvalue weighted by molar-refractivity contribution is 0.0953. The highest BCUT2D eigenvalue weighted by Crippen LogP contribution is 2.37. The zero-order valence-electron chi connectivity index (χ0n) is 25.2. The van der Waals surface area contributed by atoms with Crippen LogP contribution in [0.15, 0.2) is 104 Å². The van der Waals surface area contributed by atoms with E-state index in [0.29, 0.717) is 22.6 Å². The van der Waals surface area contributed by atoms with Gasteiger partial charge in [0, 0.05) is 26.5 Å². The number of ketones is 1. The highest BCUT2D eigenvalue weighted by Gasteiger charge is 2.31. The number of halogens is 3. The van der Waals surface area contributed by atoms with Crippen molar-refractivity contribution < 1.29 is 26.5 Å². The quantitative estimate of drug-likeness (QED) is 0.149. The molecule has 238 valence electrons. The Morgan fingerprint density at radius 3 is 2.40 bits per heavy atom. The lowest BCUT2D eigenvalue weighted by Crippen LogP contribution is -2.34. The van der Waals surface area contributed by atoms with E-state index in [2.05, 4.69) is 30.8 Å². The molecule has 0 aliphatic heterocycles. The third-order valence-electron chi connectivity index (χ3n) is 7.74. The first-order chi connectivity index (χ1) is 22.4. The second-order valence-corrected chi connectivity index (χ2v) is 14.2. The summed E-state index contributed by atoms with van der Waals surface area (Å²) in [6, 6.07) is 17.7. The molecule has 2 aromatic heterocycles. The van der Waals surface area contributed by atoms with Crippen molar-refractivity contribution in [3.8, 4) is 33.6 Å². The minimum Gasteiger partial charge on any atom is -0.360 e.